The van der Waals surface area contributed by atoms with Gasteiger partial charge in [0.1, 0.15) is 0 Å². The molecule has 0 bridgehead atoms. The van der Waals surface area contributed by atoms with Gasteiger partial charge in [0, 0.05) is 6.04 Å². The molecule has 0 aliphatic carbocycles. The first kappa shape index (κ1) is 10.1. The van der Waals surface area contributed by atoms with E-state index in [1.807, 2.05) is 0 Å². The number of aromatic nitrogens is 2. The maximum Gasteiger partial charge on any atom is 0.304 e. The van der Waals surface area contributed by atoms with E-state index in [9.17, 15) is 4.79 Å². The van der Waals surface area contributed by atoms with Crippen molar-refractivity contribution in [1.29, 1.82) is 0 Å². The highest BCUT2D eigenvalue weighted by molar-refractivity contribution is 5.67. The predicted octanol–water partition coefficient (Wildman–Crippen LogP) is 0.509. The van der Waals surface area contributed by atoms with Crippen LogP contribution in [0.2, 0.25) is 0 Å². The standard InChI is InChI=1S/C9H13N3O3/c13-9(14)4-7-2-1-3-12(7)5-8-10-6-11-15-8/h6-7H,1-5H2,(H,13,14). The monoisotopic (exact) mass is 211 g/mol. The number of aliphatic carboxylic acids is 1. The molecule has 0 saturated carbocycles. The van der Waals surface area contributed by atoms with Gasteiger partial charge in [-0.05, 0) is 19.4 Å². The van der Waals surface area contributed by atoms with Gasteiger partial charge in [0.05, 0.1) is 13.0 Å². The largest absolute Gasteiger partial charge is 0.481 e. The van der Waals surface area contributed by atoms with E-state index in [2.05, 4.69) is 15.0 Å². The highest BCUT2D eigenvalue weighted by Gasteiger charge is 2.27. The normalized spacial score (nSPS) is 22.0. The Hall–Kier alpha value is -1.43. The molecule has 6 nitrogen and oxygen atoms in total. The van der Waals surface area contributed by atoms with Crippen LogP contribution < -0.4 is 0 Å². The van der Waals surface area contributed by atoms with Gasteiger partial charge < -0.3 is 9.63 Å². The van der Waals surface area contributed by atoms with Crippen LogP contribution in [0.1, 0.15) is 25.2 Å². The van der Waals surface area contributed by atoms with Gasteiger partial charge in [0.15, 0.2) is 6.33 Å². The summed E-state index contributed by atoms with van der Waals surface area (Å²) in [6, 6.07) is 0.106. The molecular weight excluding hydrogens is 198 g/mol. The zero-order valence-corrected chi connectivity index (χ0v) is 8.30. The molecule has 0 spiro atoms. The van der Waals surface area contributed by atoms with Crippen molar-refractivity contribution in [3.63, 3.8) is 0 Å². The molecule has 0 amide bonds. The molecular formula is C9H13N3O3. The Labute approximate surface area is 86.9 Å². The van der Waals surface area contributed by atoms with Gasteiger partial charge in [-0.3, -0.25) is 9.69 Å². The molecule has 1 atom stereocenters. The SMILES string of the molecule is O=C(O)CC1CCCN1Cc1ncno1. The first-order valence-corrected chi connectivity index (χ1v) is 4.97. The molecule has 82 valence electrons. The van der Waals surface area contributed by atoms with Gasteiger partial charge in [-0.25, -0.2) is 0 Å². The third-order valence-corrected chi connectivity index (χ3v) is 2.65. The molecule has 6 heteroatoms. The van der Waals surface area contributed by atoms with Gasteiger partial charge in [0.25, 0.3) is 0 Å². The third kappa shape index (κ3) is 2.53. The highest BCUT2D eigenvalue weighted by atomic mass is 16.5. The van der Waals surface area contributed by atoms with Crippen LogP contribution in [0, 0.1) is 0 Å². The van der Waals surface area contributed by atoms with Gasteiger partial charge in [0.2, 0.25) is 5.89 Å². The van der Waals surface area contributed by atoms with Crippen LogP contribution in [0.4, 0.5) is 0 Å². The smallest absolute Gasteiger partial charge is 0.304 e. The van der Waals surface area contributed by atoms with Crippen molar-refractivity contribution < 1.29 is 14.4 Å². The lowest BCUT2D eigenvalue weighted by Gasteiger charge is -2.20. The Morgan fingerprint density at radius 2 is 2.60 bits per heavy atom. The molecule has 2 rings (SSSR count). The maximum absolute atomic E-state index is 10.6. The van der Waals surface area contributed by atoms with Crippen LogP contribution >= 0.6 is 0 Å². The average molecular weight is 211 g/mol. The molecule has 1 aromatic rings. The third-order valence-electron chi connectivity index (χ3n) is 2.65. The van der Waals surface area contributed by atoms with Crippen molar-refractivity contribution in [3.8, 4) is 0 Å². The van der Waals surface area contributed by atoms with Gasteiger partial charge in [-0.15, -0.1) is 0 Å². The van der Waals surface area contributed by atoms with E-state index in [0.717, 1.165) is 19.4 Å². The Balaban J connectivity index is 1.93. The molecule has 1 aromatic heterocycles. The Bertz CT molecular complexity index is 325. The van der Waals surface area contributed by atoms with Crippen LogP contribution in [0.15, 0.2) is 10.9 Å². The topological polar surface area (TPSA) is 79.5 Å². The lowest BCUT2D eigenvalue weighted by molar-refractivity contribution is -0.138. The van der Waals surface area contributed by atoms with Crippen molar-refractivity contribution >= 4 is 5.97 Å². The van der Waals surface area contributed by atoms with Crippen molar-refractivity contribution in [2.45, 2.75) is 31.8 Å². The number of carboxylic acids is 1. The summed E-state index contributed by atoms with van der Waals surface area (Å²) in [5.41, 5.74) is 0. The fourth-order valence-electron chi connectivity index (χ4n) is 1.98. The number of carboxylic acid groups (broad SMARTS) is 1. The molecule has 1 aliphatic rings. The summed E-state index contributed by atoms with van der Waals surface area (Å²) < 4.78 is 4.90. The summed E-state index contributed by atoms with van der Waals surface area (Å²) in [5, 5.41) is 12.3. The number of nitrogens with zero attached hydrogens (tertiary/aromatic N) is 3. The van der Waals surface area contributed by atoms with Crippen LogP contribution in [0.25, 0.3) is 0 Å². The van der Waals surface area contributed by atoms with Crippen molar-refractivity contribution in [2.75, 3.05) is 6.54 Å². The van der Waals surface area contributed by atoms with E-state index in [0.29, 0.717) is 12.4 Å². The second-order valence-corrected chi connectivity index (χ2v) is 3.70. The zero-order chi connectivity index (χ0) is 10.7. The minimum atomic E-state index is -0.752. The van der Waals surface area contributed by atoms with E-state index < -0.39 is 5.97 Å². The lowest BCUT2D eigenvalue weighted by atomic mass is 10.1. The van der Waals surface area contributed by atoms with Crippen LogP contribution in [-0.4, -0.2) is 38.7 Å². The molecule has 0 radical (unpaired) electrons. The second-order valence-electron chi connectivity index (χ2n) is 3.70. The maximum atomic E-state index is 10.6. The van der Waals surface area contributed by atoms with E-state index in [1.54, 1.807) is 0 Å². The summed E-state index contributed by atoms with van der Waals surface area (Å²) in [7, 11) is 0. The fraction of sp³-hybridized carbons (Fsp3) is 0.667. The van der Waals surface area contributed by atoms with E-state index in [1.165, 1.54) is 6.33 Å². The summed E-state index contributed by atoms with van der Waals surface area (Å²) in [6.07, 6.45) is 3.51. The summed E-state index contributed by atoms with van der Waals surface area (Å²) in [6.45, 7) is 1.46. The molecule has 2 heterocycles. The average Bonchev–Trinajstić information content (AvgIpc) is 2.78. The Kier molecular flexibility index (Phi) is 2.96. The van der Waals surface area contributed by atoms with Gasteiger partial charge >= 0.3 is 5.97 Å². The quantitative estimate of drug-likeness (QED) is 0.781. The number of hydrogen-bond donors (Lipinski definition) is 1. The fourth-order valence-corrected chi connectivity index (χ4v) is 1.98. The molecule has 1 N–H and O–H groups in total. The van der Waals surface area contributed by atoms with E-state index >= 15 is 0 Å². The molecule has 0 aromatic carbocycles. The minimum absolute atomic E-state index is 0.106. The van der Waals surface area contributed by atoms with Crippen LogP contribution in [0.3, 0.4) is 0 Å². The van der Waals surface area contributed by atoms with Crippen molar-refractivity contribution in [1.82, 2.24) is 15.0 Å². The van der Waals surface area contributed by atoms with E-state index in [4.69, 9.17) is 9.63 Å². The van der Waals surface area contributed by atoms with Crippen LogP contribution in [-0.2, 0) is 11.3 Å². The summed E-state index contributed by atoms with van der Waals surface area (Å²) >= 11 is 0. The molecule has 15 heavy (non-hydrogen) atoms. The zero-order valence-electron chi connectivity index (χ0n) is 8.30. The second kappa shape index (κ2) is 4.39. The number of rotatable bonds is 4. The van der Waals surface area contributed by atoms with Crippen molar-refractivity contribution in [2.24, 2.45) is 0 Å². The predicted molar refractivity (Wildman–Crippen MR) is 50.0 cm³/mol. The Morgan fingerprint density at radius 1 is 1.73 bits per heavy atom. The Morgan fingerprint density at radius 3 is 3.27 bits per heavy atom. The van der Waals surface area contributed by atoms with Crippen LogP contribution in [0.5, 0.6) is 0 Å². The van der Waals surface area contributed by atoms with Crippen molar-refractivity contribution in [3.05, 3.63) is 12.2 Å². The first-order chi connectivity index (χ1) is 7.25. The molecule has 1 aliphatic heterocycles. The van der Waals surface area contributed by atoms with Gasteiger partial charge in [-0.1, -0.05) is 5.16 Å². The molecule has 1 saturated heterocycles. The lowest BCUT2D eigenvalue weighted by Crippen LogP contribution is -2.30. The molecule has 1 unspecified atom stereocenters. The molecule has 1 fully saturated rings. The first-order valence-electron chi connectivity index (χ1n) is 4.97. The minimum Gasteiger partial charge on any atom is -0.481 e. The summed E-state index contributed by atoms with van der Waals surface area (Å²) in [5.74, 6) is -0.204. The number of carbonyl (C=O) groups is 1. The van der Waals surface area contributed by atoms with E-state index in [-0.39, 0.29) is 12.5 Å². The number of likely N-dealkylation sites (tertiary alicyclic amines) is 1. The summed E-state index contributed by atoms with van der Waals surface area (Å²) in [4.78, 5) is 16.6. The number of hydrogen-bond acceptors (Lipinski definition) is 5. The van der Waals surface area contributed by atoms with Gasteiger partial charge in [-0.2, -0.15) is 4.98 Å². The highest BCUT2D eigenvalue weighted by Crippen LogP contribution is 2.21.